The summed E-state index contributed by atoms with van der Waals surface area (Å²) in [6.07, 6.45) is 5.09. The Hall–Kier alpha value is -1.42. The lowest BCUT2D eigenvalue weighted by Gasteiger charge is -1.96. The van der Waals surface area contributed by atoms with E-state index in [1.165, 1.54) is 0 Å². The van der Waals surface area contributed by atoms with E-state index in [2.05, 4.69) is 5.92 Å². The van der Waals surface area contributed by atoms with Gasteiger partial charge in [0.2, 0.25) is 0 Å². The molecule has 0 unspecified atom stereocenters. The van der Waals surface area contributed by atoms with E-state index < -0.39 is 0 Å². The van der Waals surface area contributed by atoms with E-state index in [0.717, 1.165) is 5.56 Å². The minimum Gasteiger partial charge on any atom is -0.507 e. The Balaban J connectivity index is 3.23. The molecule has 1 rings (SSSR count). The third-order valence-electron chi connectivity index (χ3n) is 1.31. The quantitative estimate of drug-likeness (QED) is 0.532. The Morgan fingerprint density at radius 1 is 1.50 bits per heavy atom. The molecule has 50 valence electrons. The molecule has 0 radical (unpaired) electrons. The number of benzene rings is 1. The minimum absolute atomic E-state index is 0.183. The van der Waals surface area contributed by atoms with E-state index in [1.807, 2.05) is 13.0 Å². The second-order valence-electron chi connectivity index (χ2n) is 2.16. The van der Waals surface area contributed by atoms with Crippen LogP contribution in [0.3, 0.4) is 0 Å². The molecule has 1 aromatic carbocycles. The van der Waals surface area contributed by atoms with Crippen molar-refractivity contribution in [1.82, 2.24) is 0 Å². The molecule has 0 fully saturated rings. The first-order valence-electron chi connectivity index (χ1n) is 3.00. The molecular weight excluding hydrogens is 124 g/mol. The van der Waals surface area contributed by atoms with Crippen LogP contribution in [0.1, 0.15) is 11.1 Å². The predicted molar refractivity (Wildman–Crippen MR) is 40.8 cm³/mol. The zero-order chi connectivity index (χ0) is 7.56. The van der Waals surface area contributed by atoms with Gasteiger partial charge in [-0.15, -0.1) is 6.42 Å². The number of rotatable bonds is 0. The van der Waals surface area contributed by atoms with Gasteiger partial charge >= 0.3 is 0 Å². The molecule has 0 aliphatic heterocycles. The van der Waals surface area contributed by atoms with Crippen LogP contribution in [0, 0.1) is 19.3 Å². The highest BCUT2D eigenvalue weighted by atomic mass is 16.3. The second-order valence-corrected chi connectivity index (χ2v) is 2.16. The van der Waals surface area contributed by atoms with E-state index in [0.29, 0.717) is 5.56 Å². The minimum atomic E-state index is 0.183. The molecule has 1 N–H and O–H groups in total. The van der Waals surface area contributed by atoms with E-state index in [4.69, 9.17) is 11.5 Å². The van der Waals surface area contributed by atoms with Crippen molar-refractivity contribution >= 4 is 0 Å². The summed E-state index contributed by atoms with van der Waals surface area (Å²) in [5.41, 5.74) is 1.56. The summed E-state index contributed by atoms with van der Waals surface area (Å²) in [6, 6.07) is 5.24. The van der Waals surface area contributed by atoms with Crippen molar-refractivity contribution < 1.29 is 5.11 Å². The van der Waals surface area contributed by atoms with Crippen LogP contribution < -0.4 is 0 Å². The number of aryl methyl sites for hydroxylation is 1. The molecule has 0 amide bonds. The van der Waals surface area contributed by atoms with Crippen molar-refractivity contribution in [1.29, 1.82) is 0 Å². The Morgan fingerprint density at radius 3 is 2.70 bits per heavy atom. The van der Waals surface area contributed by atoms with Gasteiger partial charge in [0, 0.05) is 0 Å². The predicted octanol–water partition coefficient (Wildman–Crippen LogP) is 1.68. The summed E-state index contributed by atoms with van der Waals surface area (Å²) in [4.78, 5) is 0. The van der Waals surface area contributed by atoms with Gasteiger partial charge in [0.1, 0.15) is 5.75 Å². The lowest BCUT2D eigenvalue weighted by molar-refractivity contribution is 0.473. The van der Waals surface area contributed by atoms with Crippen LogP contribution in [0.2, 0.25) is 0 Å². The first-order chi connectivity index (χ1) is 4.74. The molecule has 0 aromatic heterocycles. The number of phenolic OH excluding ortho intramolecular Hbond substituents is 1. The Kier molecular flexibility index (Phi) is 1.64. The van der Waals surface area contributed by atoms with E-state index in [9.17, 15) is 0 Å². The highest BCUT2D eigenvalue weighted by molar-refractivity contribution is 5.45. The number of aromatic hydroxyl groups is 1. The molecular formula is C9H8O. The molecule has 0 bridgehead atoms. The Bertz CT molecular complexity index is 281. The van der Waals surface area contributed by atoms with Crippen molar-refractivity contribution in [3.63, 3.8) is 0 Å². The SMILES string of the molecule is C#Cc1ccc(C)cc1O. The number of terminal acetylenes is 1. The second kappa shape index (κ2) is 2.45. The lowest BCUT2D eigenvalue weighted by atomic mass is 10.1. The monoisotopic (exact) mass is 132 g/mol. The number of phenols is 1. The zero-order valence-electron chi connectivity index (χ0n) is 5.76. The molecule has 0 aliphatic carbocycles. The number of hydrogen-bond acceptors (Lipinski definition) is 1. The van der Waals surface area contributed by atoms with Crippen LogP contribution >= 0.6 is 0 Å². The van der Waals surface area contributed by atoms with Crippen molar-refractivity contribution in [2.45, 2.75) is 6.92 Å². The summed E-state index contributed by atoms with van der Waals surface area (Å²) >= 11 is 0. The molecule has 0 heterocycles. The average Bonchev–Trinajstić information content (AvgIpc) is 1.88. The molecule has 0 spiro atoms. The fraction of sp³-hybridized carbons (Fsp3) is 0.111. The topological polar surface area (TPSA) is 20.2 Å². The fourth-order valence-electron chi connectivity index (χ4n) is 0.764. The van der Waals surface area contributed by atoms with Gasteiger partial charge in [0.15, 0.2) is 0 Å². The number of hydrogen-bond donors (Lipinski definition) is 1. The van der Waals surface area contributed by atoms with E-state index in [1.54, 1.807) is 12.1 Å². The normalized spacial score (nSPS) is 8.80. The standard InChI is InChI=1S/C9H8O/c1-3-8-5-4-7(2)6-9(8)10/h1,4-6,10H,2H3. The van der Waals surface area contributed by atoms with E-state index >= 15 is 0 Å². The summed E-state index contributed by atoms with van der Waals surface area (Å²) < 4.78 is 0. The fourth-order valence-corrected chi connectivity index (χ4v) is 0.764. The van der Waals surface area contributed by atoms with Crippen LogP contribution in [0.15, 0.2) is 18.2 Å². The van der Waals surface area contributed by atoms with Crippen LogP contribution in [0.25, 0.3) is 0 Å². The molecule has 0 atom stereocenters. The maximum atomic E-state index is 9.15. The van der Waals surface area contributed by atoms with Crippen molar-refractivity contribution in [3.05, 3.63) is 29.3 Å². The van der Waals surface area contributed by atoms with Gasteiger partial charge < -0.3 is 5.11 Å². The van der Waals surface area contributed by atoms with Crippen LogP contribution in [0.5, 0.6) is 5.75 Å². The molecule has 1 aromatic rings. The summed E-state index contributed by atoms with van der Waals surface area (Å²) in [6.45, 7) is 1.90. The van der Waals surface area contributed by atoms with Crippen LogP contribution in [-0.4, -0.2) is 5.11 Å². The largest absolute Gasteiger partial charge is 0.507 e. The third-order valence-corrected chi connectivity index (χ3v) is 1.31. The maximum Gasteiger partial charge on any atom is 0.131 e. The molecule has 10 heavy (non-hydrogen) atoms. The van der Waals surface area contributed by atoms with Crippen molar-refractivity contribution in [2.75, 3.05) is 0 Å². The third kappa shape index (κ3) is 1.11. The summed E-state index contributed by atoms with van der Waals surface area (Å²) in [5.74, 6) is 2.56. The maximum absolute atomic E-state index is 9.15. The molecule has 0 saturated heterocycles. The zero-order valence-corrected chi connectivity index (χ0v) is 5.76. The molecule has 1 heteroatoms. The smallest absolute Gasteiger partial charge is 0.131 e. The summed E-state index contributed by atoms with van der Waals surface area (Å²) in [5, 5.41) is 9.15. The van der Waals surface area contributed by atoms with Crippen molar-refractivity contribution in [2.24, 2.45) is 0 Å². The van der Waals surface area contributed by atoms with Gasteiger partial charge in [-0.05, 0) is 24.6 Å². The lowest BCUT2D eigenvalue weighted by Crippen LogP contribution is -1.76. The van der Waals surface area contributed by atoms with Crippen LogP contribution in [-0.2, 0) is 0 Å². The van der Waals surface area contributed by atoms with Crippen LogP contribution in [0.4, 0.5) is 0 Å². The highest BCUT2D eigenvalue weighted by Gasteiger charge is 1.94. The molecule has 0 aliphatic rings. The first-order valence-corrected chi connectivity index (χ1v) is 3.00. The molecule has 1 nitrogen and oxygen atoms in total. The highest BCUT2D eigenvalue weighted by Crippen LogP contribution is 2.16. The van der Waals surface area contributed by atoms with Gasteiger partial charge in [-0.2, -0.15) is 0 Å². The Morgan fingerprint density at radius 2 is 2.20 bits per heavy atom. The first kappa shape index (κ1) is 6.70. The Labute approximate surface area is 60.3 Å². The van der Waals surface area contributed by atoms with Gasteiger partial charge in [-0.1, -0.05) is 12.0 Å². The van der Waals surface area contributed by atoms with Gasteiger partial charge in [-0.25, -0.2) is 0 Å². The van der Waals surface area contributed by atoms with Crippen molar-refractivity contribution in [3.8, 4) is 18.1 Å². The van der Waals surface area contributed by atoms with Gasteiger partial charge in [0.25, 0.3) is 0 Å². The molecule has 0 saturated carbocycles. The average molecular weight is 132 g/mol. The van der Waals surface area contributed by atoms with Gasteiger partial charge in [-0.3, -0.25) is 0 Å². The summed E-state index contributed by atoms with van der Waals surface area (Å²) in [7, 11) is 0. The van der Waals surface area contributed by atoms with E-state index in [-0.39, 0.29) is 5.75 Å². The van der Waals surface area contributed by atoms with Gasteiger partial charge in [0.05, 0.1) is 5.56 Å².